The molecule has 104 valence electrons. The van der Waals surface area contributed by atoms with E-state index < -0.39 is 6.09 Å². The maximum Gasteiger partial charge on any atom is 0.417 e. The Kier molecular flexibility index (Phi) is 4.77. The number of amides is 1. The van der Waals surface area contributed by atoms with Crippen molar-refractivity contribution in [3.05, 3.63) is 59.7 Å². The number of aryl methyl sites for hydroxylation is 1. The van der Waals surface area contributed by atoms with E-state index in [1.807, 2.05) is 42.5 Å². The monoisotopic (exact) mass is 269 g/mol. The van der Waals surface area contributed by atoms with Crippen molar-refractivity contribution in [3.8, 4) is 5.75 Å². The molecular formula is C17H19NO2. The van der Waals surface area contributed by atoms with Crippen LogP contribution in [0.15, 0.2) is 48.5 Å². The number of ether oxygens (including phenoxy) is 1. The molecule has 0 radical (unpaired) electrons. The second-order valence-electron chi connectivity index (χ2n) is 4.48. The van der Waals surface area contributed by atoms with Crippen molar-refractivity contribution in [2.24, 2.45) is 0 Å². The van der Waals surface area contributed by atoms with Gasteiger partial charge in [-0.2, -0.15) is 0 Å². The zero-order chi connectivity index (χ0) is 14.4. The smallest absolute Gasteiger partial charge is 0.410 e. The molecular weight excluding hydrogens is 250 g/mol. The maximum absolute atomic E-state index is 11.9. The molecule has 2 rings (SSSR count). The van der Waals surface area contributed by atoms with Gasteiger partial charge in [-0.3, -0.25) is 5.32 Å². The minimum atomic E-state index is -0.459. The maximum atomic E-state index is 11.9. The standard InChI is InChI=1S/C17H19NO2/c1-3-13-9-8-12-16(15(13)4-2)20-17(19)18-14-10-6-5-7-11-14/h5-12H,3-4H2,1-2H3,(H,18,19). The van der Waals surface area contributed by atoms with Crippen LogP contribution in [0.4, 0.5) is 10.5 Å². The summed E-state index contributed by atoms with van der Waals surface area (Å²) in [7, 11) is 0. The Morgan fingerprint density at radius 2 is 1.75 bits per heavy atom. The largest absolute Gasteiger partial charge is 0.417 e. The van der Waals surface area contributed by atoms with Gasteiger partial charge in [0, 0.05) is 5.69 Å². The van der Waals surface area contributed by atoms with Crippen molar-refractivity contribution in [2.45, 2.75) is 26.7 Å². The lowest BCUT2D eigenvalue weighted by molar-refractivity contribution is 0.214. The lowest BCUT2D eigenvalue weighted by atomic mass is 10.0. The van der Waals surface area contributed by atoms with Crippen LogP contribution >= 0.6 is 0 Å². The number of carbonyl (C=O) groups excluding carboxylic acids is 1. The fraction of sp³-hybridized carbons (Fsp3) is 0.235. The molecule has 1 amide bonds. The molecule has 0 saturated heterocycles. The highest BCUT2D eigenvalue weighted by atomic mass is 16.6. The molecule has 0 heterocycles. The van der Waals surface area contributed by atoms with Gasteiger partial charge in [-0.25, -0.2) is 4.79 Å². The lowest BCUT2D eigenvalue weighted by Crippen LogP contribution is -2.17. The Bertz CT molecular complexity index is 579. The quantitative estimate of drug-likeness (QED) is 0.892. The molecule has 2 aromatic carbocycles. The highest BCUT2D eigenvalue weighted by molar-refractivity contribution is 5.86. The molecule has 0 aliphatic rings. The van der Waals surface area contributed by atoms with E-state index in [1.54, 1.807) is 0 Å². The third-order valence-corrected chi connectivity index (χ3v) is 3.19. The van der Waals surface area contributed by atoms with Crippen LogP contribution in [0, 0.1) is 0 Å². The van der Waals surface area contributed by atoms with Crippen molar-refractivity contribution in [1.82, 2.24) is 0 Å². The molecule has 0 atom stereocenters. The summed E-state index contributed by atoms with van der Waals surface area (Å²) in [4.78, 5) is 11.9. The minimum Gasteiger partial charge on any atom is -0.410 e. The molecule has 0 aromatic heterocycles. The summed E-state index contributed by atoms with van der Waals surface area (Å²) < 4.78 is 5.43. The molecule has 0 unspecified atom stereocenters. The summed E-state index contributed by atoms with van der Waals surface area (Å²) >= 11 is 0. The van der Waals surface area contributed by atoms with Crippen LogP contribution < -0.4 is 10.1 Å². The third kappa shape index (κ3) is 3.38. The van der Waals surface area contributed by atoms with Gasteiger partial charge in [0.2, 0.25) is 0 Å². The summed E-state index contributed by atoms with van der Waals surface area (Å²) in [6.45, 7) is 4.17. The predicted octanol–water partition coefficient (Wildman–Crippen LogP) is 4.42. The number of rotatable bonds is 4. The molecule has 2 aromatic rings. The predicted molar refractivity (Wildman–Crippen MR) is 81.3 cm³/mol. The van der Waals surface area contributed by atoms with Gasteiger partial charge < -0.3 is 4.74 Å². The van der Waals surface area contributed by atoms with E-state index in [2.05, 4.69) is 25.2 Å². The number of carbonyl (C=O) groups is 1. The second-order valence-corrected chi connectivity index (χ2v) is 4.48. The summed E-state index contributed by atoms with van der Waals surface area (Å²) in [5.74, 6) is 0.639. The molecule has 3 heteroatoms. The van der Waals surface area contributed by atoms with Crippen LogP contribution in [0.1, 0.15) is 25.0 Å². The first kappa shape index (κ1) is 14.1. The van der Waals surface area contributed by atoms with E-state index in [9.17, 15) is 4.79 Å². The first-order valence-corrected chi connectivity index (χ1v) is 6.89. The fourth-order valence-electron chi connectivity index (χ4n) is 2.20. The van der Waals surface area contributed by atoms with Gasteiger partial charge in [0.15, 0.2) is 0 Å². The van der Waals surface area contributed by atoms with Crippen LogP contribution in [0.2, 0.25) is 0 Å². The molecule has 0 spiro atoms. The number of benzene rings is 2. The van der Waals surface area contributed by atoms with E-state index in [4.69, 9.17) is 4.74 Å². The summed E-state index contributed by atoms with van der Waals surface area (Å²) in [6, 6.07) is 15.1. The molecule has 0 bridgehead atoms. The Morgan fingerprint density at radius 1 is 1.00 bits per heavy atom. The van der Waals surface area contributed by atoms with Crippen LogP contribution in [0.25, 0.3) is 0 Å². The van der Waals surface area contributed by atoms with Gasteiger partial charge in [-0.15, -0.1) is 0 Å². The second kappa shape index (κ2) is 6.75. The average Bonchev–Trinajstić information content (AvgIpc) is 2.47. The van der Waals surface area contributed by atoms with Crippen molar-refractivity contribution in [3.63, 3.8) is 0 Å². The Hall–Kier alpha value is -2.29. The van der Waals surface area contributed by atoms with Gasteiger partial charge in [0.05, 0.1) is 0 Å². The SMILES string of the molecule is CCc1cccc(OC(=O)Nc2ccccc2)c1CC. The first-order chi connectivity index (χ1) is 9.74. The molecule has 3 nitrogen and oxygen atoms in total. The highest BCUT2D eigenvalue weighted by Crippen LogP contribution is 2.24. The van der Waals surface area contributed by atoms with Crippen LogP contribution in [0.3, 0.4) is 0 Å². The number of hydrogen-bond donors (Lipinski definition) is 1. The topological polar surface area (TPSA) is 38.3 Å². The van der Waals surface area contributed by atoms with E-state index in [0.717, 1.165) is 24.1 Å². The van der Waals surface area contributed by atoms with Crippen LogP contribution in [0.5, 0.6) is 5.75 Å². The molecule has 0 saturated carbocycles. The Labute approximate surface area is 119 Å². The molecule has 1 N–H and O–H groups in total. The Morgan fingerprint density at radius 3 is 2.40 bits per heavy atom. The lowest BCUT2D eigenvalue weighted by Gasteiger charge is -2.13. The van der Waals surface area contributed by atoms with Crippen LogP contribution in [-0.4, -0.2) is 6.09 Å². The van der Waals surface area contributed by atoms with Gasteiger partial charge >= 0.3 is 6.09 Å². The van der Waals surface area contributed by atoms with E-state index in [-0.39, 0.29) is 0 Å². The van der Waals surface area contributed by atoms with Gasteiger partial charge in [0.25, 0.3) is 0 Å². The third-order valence-electron chi connectivity index (χ3n) is 3.19. The zero-order valence-electron chi connectivity index (χ0n) is 11.8. The highest BCUT2D eigenvalue weighted by Gasteiger charge is 2.11. The number of nitrogens with one attached hydrogen (secondary N) is 1. The van der Waals surface area contributed by atoms with Gasteiger partial charge in [0.1, 0.15) is 5.75 Å². The molecule has 0 fully saturated rings. The summed E-state index contributed by atoms with van der Waals surface area (Å²) in [5.41, 5.74) is 3.04. The number of anilines is 1. The summed E-state index contributed by atoms with van der Waals surface area (Å²) in [6.07, 6.45) is 1.32. The van der Waals surface area contributed by atoms with E-state index in [0.29, 0.717) is 5.75 Å². The average molecular weight is 269 g/mol. The van der Waals surface area contributed by atoms with Crippen molar-refractivity contribution in [2.75, 3.05) is 5.32 Å². The first-order valence-electron chi connectivity index (χ1n) is 6.89. The van der Waals surface area contributed by atoms with Gasteiger partial charge in [-0.05, 0) is 42.2 Å². The zero-order valence-corrected chi connectivity index (χ0v) is 11.8. The molecule has 0 aliphatic heterocycles. The van der Waals surface area contributed by atoms with E-state index >= 15 is 0 Å². The molecule has 20 heavy (non-hydrogen) atoms. The summed E-state index contributed by atoms with van der Waals surface area (Å²) in [5, 5.41) is 2.72. The van der Waals surface area contributed by atoms with E-state index in [1.165, 1.54) is 5.56 Å². The van der Waals surface area contributed by atoms with Crippen LogP contribution in [-0.2, 0) is 12.8 Å². The van der Waals surface area contributed by atoms with Gasteiger partial charge in [-0.1, -0.05) is 44.2 Å². The number of para-hydroxylation sites is 1. The number of hydrogen-bond acceptors (Lipinski definition) is 2. The van der Waals surface area contributed by atoms with Crippen molar-refractivity contribution < 1.29 is 9.53 Å². The normalized spacial score (nSPS) is 10.1. The molecule has 0 aliphatic carbocycles. The fourth-order valence-corrected chi connectivity index (χ4v) is 2.20. The Balaban J connectivity index is 2.12. The van der Waals surface area contributed by atoms with Crippen molar-refractivity contribution >= 4 is 11.8 Å². The van der Waals surface area contributed by atoms with Crippen molar-refractivity contribution in [1.29, 1.82) is 0 Å². The minimum absolute atomic E-state index is 0.459.